The average molecular weight is 197 g/mol. The monoisotopic (exact) mass is 197 g/mol. The first-order chi connectivity index (χ1) is 6.67. The van der Waals surface area contributed by atoms with Crippen LogP contribution in [0.1, 0.15) is 5.56 Å². The Morgan fingerprint density at radius 3 is 2.43 bits per heavy atom. The molecule has 0 aliphatic heterocycles. The smallest absolute Gasteiger partial charge is 0.229 e. The fourth-order valence-corrected chi connectivity index (χ4v) is 1.13. The van der Waals surface area contributed by atoms with Gasteiger partial charge < -0.3 is 9.47 Å². The summed E-state index contributed by atoms with van der Waals surface area (Å²) >= 11 is 0. The van der Waals surface area contributed by atoms with Crippen LogP contribution in [0.3, 0.4) is 0 Å². The average Bonchev–Trinajstić information content (AvgIpc) is 2.16. The Labute approximate surface area is 81.4 Å². The largest absolute Gasteiger partial charge is 0.493 e. The number of nitro groups is 1. The van der Waals surface area contributed by atoms with Gasteiger partial charge in [-0.05, 0) is 18.2 Å². The molecule has 0 N–H and O–H groups in total. The van der Waals surface area contributed by atoms with Gasteiger partial charge in [0.2, 0.25) is 6.54 Å². The summed E-state index contributed by atoms with van der Waals surface area (Å²) < 4.78 is 10.0. The van der Waals surface area contributed by atoms with Crippen molar-refractivity contribution in [3.63, 3.8) is 0 Å². The van der Waals surface area contributed by atoms with Gasteiger partial charge in [0, 0.05) is 10.5 Å². The van der Waals surface area contributed by atoms with Gasteiger partial charge in [0.15, 0.2) is 11.5 Å². The van der Waals surface area contributed by atoms with Gasteiger partial charge in [-0.3, -0.25) is 10.1 Å². The summed E-state index contributed by atoms with van der Waals surface area (Å²) in [6.45, 7) is -0.208. The van der Waals surface area contributed by atoms with E-state index in [9.17, 15) is 10.1 Å². The van der Waals surface area contributed by atoms with Crippen molar-refractivity contribution in [1.82, 2.24) is 0 Å². The third-order valence-electron chi connectivity index (χ3n) is 1.76. The van der Waals surface area contributed by atoms with Crippen LogP contribution in [-0.4, -0.2) is 19.1 Å². The van der Waals surface area contributed by atoms with Gasteiger partial charge in [0.05, 0.1) is 14.2 Å². The first-order valence-electron chi connectivity index (χ1n) is 4.00. The molecule has 5 heteroatoms. The van der Waals surface area contributed by atoms with Crippen molar-refractivity contribution in [2.45, 2.75) is 6.54 Å². The summed E-state index contributed by atoms with van der Waals surface area (Å²) in [7, 11) is 3.01. The summed E-state index contributed by atoms with van der Waals surface area (Å²) in [6.07, 6.45) is 0. The van der Waals surface area contributed by atoms with E-state index in [0.29, 0.717) is 17.1 Å². The second-order valence-electron chi connectivity index (χ2n) is 2.68. The molecule has 0 fully saturated rings. The first kappa shape index (κ1) is 10.3. The highest BCUT2D eigenvalue weighted by molar-refractivity contribution is 5.42. The zero-order valence-corrected chi connectivity index (χ0v) is 8.02. The maximum atomic E-state index is 10.3. The van der Waals surface area contributed by atoms with E-state index in [4.69, 9.17) is 9.47 Å². The predicted octanol–water partition coefficient (Wildman–Crippen LogP) is 1.48. The highest BCUT2D eigenvalue weighted by atomic mass is 16.6. The van der Waals surface area contributed by atoms with Crippen molar-refractivity contribution in [3.8, 4) is 11.5 Å². The Bertz CT molecular complexity index is 338. The second kappa shape index (κ2) is 4.45. The molecule has 5 nitrogen and oxygen atoms in total. The number of hydrogen-bond acceptors (Lipinski definition) is 4. The Hall–Kier alpha value is -1.78. The fourth-order valence-electron chi connectivity index (χ4n) is 1.13. The molecule has 0 spiro atoms. The molecule has 0 saturated carbocycles. The lowest BCUT2D eigenvalue weighted by molar-refractivity contribution is -0.496. The standard InChI is InChI=1S/C9H11NO4/c1-13-8-4-3-7(6-10(11)12)5-9(8)14-2/h3-5H,6H2,1-2H3. The molecule has 0 aliphatic carbocycles. The van der Waals surface area contributed by atoms with E-state index in [1.165, 1.54) is 14.2 Å². The highest BCUT2D eigenvalue weighted by Gasteiger charge is 2.07. The van der Waals surface area contributed by atoms with Crippen LogP contribution in [-0.2, 0) is 6.54 Å². The Morgan fingerprint density at radius 1 is 1.29 bits per heavy atom. The van der Waals surface area contributed by atoms with E-state index in [0.717, 1.165) is 0 Å². The number of benzene rings is 1. The predicted molar refractivity (Wildman–Crippen MR) is 50.2 cm³/mol. The molecule has 1 rings (SSSR count). The molecular formula is C9H11NO4. The van der Waals surface area contributed by atoms with Crippen molar-refractivity contribution < 1.29 is 14.4 Å². The van der Waals surface area contributed by atoms with Crippen LogP contribution in [0.5, 0.6) is 11.5 Å². The molecule has 1 aromatic carbocycles. The molecule has 1 aromatic rings. The summed E-state index contributed by atoms with van der Waals surface area (Å²) in [5.41, 5.74) is 0.590. The summed E-state index contributed by atoms with van der Waals surface area (Å²) in [5, 5.41) is 10.3. The van der Waals surface area contributed by atoms with Crippen molar-refractivity contribution in [2.75, 3.05) is 14.2 Å². The minimum Gasteiger partial charge on any atom is -0.493 e. The van der Waals surface area contributed by atoms with E-state index in [1.807, 2.05) is 0 Å². The first-order valence-corrected chi connectivity index (χ1v) is 4.00. The SMILES string of the molecule is COc1ccc(C[N+](=O)[O-])cc1OC. The zero-order valence-electron chi connectivity index (χ0n) is 8.02. The Kier molecular flexibility index (Phi) is 3.28. The molecule has 0 atom stereocenters. The fraction of sp³-hybridized carbons (Fsp3) is 0.333. The minimum absolute atomic E-state index is 0.208. The van der Waals surface area contributed by atoms with Gasteiger partial charge in [-0.1, -0.05) is 0 Å². The minimum atomic E-state index is -0.388. The molecule has 0 saturated heterocycles. The molecule has 0 heterocycles. The number of hydrogen-bond donors (Lipinski definition) is 0. The number of methoxy groups -OCH3 is 2. The van der Waals surface area contributed by atoms with Gasteiger partial charge >= 0.3 is 0 Å². The molecule has 14 heavy (non-hydrogen) atoms. The van der Waals surface area contributed by atoms with Gasteiger partial charge in [-0.25, -0.2) is 0 Å². The van der Waals surface area contributed by atoms with Gasteiger partial charge in [-0.2, -0.15) is 0 Å². The van der Waals surface area contributed by atoms with Crippen LogP contribution in [0.2, 0.25) is 0 Å². The summed E-state index contributed by atoms with van der Waals surface area (Å²) in [6, 6.07) is 4.89. The van der Waals surface area contributed by atoms with Crippen molar-refractivity contribution in [3.05, 3.63) is 33.9 Å². The van der Waals surface area contributed by atoms with E-state index in [-0.39, 0.29) is 11.5 Å². The number of rotatable bonds is 4. The molecule has 0 bridgehead atoms. The van der Waals surface area contributed by atoms with Crippen LogP contribution in [0.15, 0.2) is 18.2 Å². The molecular weight excluding hydrogens is 186 g/mol. The van der Waals surface area contributed by atoms with Gasteiger partial charge in [-0.15, -0.1) is 0 Å². The van der Waals surface area contributed by atoms with E-state index >= 15 is 0 Å². The van der Waals surface area contributed by atoms with E-state index < -0.39 is 0 Å². The lowest BCUT2D eigenvalue weighted by atomic mass is 10.2. The quantitative estimate of drug-likeness (QED) is 0.541. The van der Waals surface area contributed by atoms with Crippen LogP contribution in [0.4, 0.5) is 0 Å². The molecule has 0 aliphatic rings. The summed E-state index contributed by atoms with van der Waals surface area (Å²) in [4.78, 5) is 9.87. The third kappa shape index (κ3) is 2.35. The van der Waals surface area contributed by atoms with Crippen LogP contribution >= 0.6 is 0 Å². The number of ether oxygens (including phenoxy) is 2. The van der Waals surface area contributed by atoms with E-state index in [2.05, 4.69) is 0 Å². The lowest BCUT2D eigenvalue weighted by Crippen LogP contribution is -1.99. The Balaban J connectivity index is 2.95. The van der Waals surface area contributed by atoms with Crippen molar-refractivity contribution >= 4 is 0 Å². The van der Waals surface area contributed by atoms with Gasteiger partial charge in [0.25, 0.3) is 0 Å². The van der Waals surface area contributed by atoms with Crippen LogP contribution in [0, 0.1) is 10.1 Å². The third-order valence-corrected chi connectivity index (χ3v) is 1.76. The Morgan fingerprint density at radius 2 is 1.93 bits per heavy atom. The molecule has 0 radical (unpaired) electrons. The molecule has 0 amide bonds. The molecule has 0 aromatic heterocycles. The summed E-state index contributed by atoms with van der Waals surface area (Å²) in [5.74, 6) is 1.08. The highest BCUT2D eigenvalue weighted by Crippen LogP contribution is 2.27. The normalized spacial score (nSPS) is 9.57. The van der Waals surface area contributed by atoms with Crippen molar-refractivity contribution in [1.29, 1.82) is 0 Å². The topological polar surface area (TPSA) is 61.6 Å². The lowest BCUT2D eigenvalue weighted by Gasteiger charge is -2.07. The van der Waals surface area contributed by atoms with Crippen molar-refractivity contribution in [2.24, 2.45) is 0 Å². The number of nitrogens with zero attached hydrogens (tertiary/aromatic N) is 1. The van der Waals surface area contributed by atoms with Crippen LogP contribution < -0.4 is 9.47 Å². The molecule has 0 unspecified atom stereocenters. The maximum absolute atomic E-state index is 10.3. The molecule has 76 valence electrons. The second-order valence-corrected chi connectivity index (χ2v) is 2.68. The van der Waals surface area contributed by atoms with Gasteiger partial charge in [0.1, 0.15) is 0 Å². The van der Waals surface area contributed by atoms with E-state index in [1.54, 1.807) is 18.2 Å². The zero-order chi connectivity index (χ0) is 10.6. The van der Waals surface area contributed by atoms with Crippen LogP contribution in [0.25, 0.3) is 0 Å². The maximum Gasteiger partial charge on any atom is 0.229 e.